The lowest BCUT2D eigenvalue weighted by Crippen LogP contribution is -2.52. The molecule has 8 heteroatoms. The van der Waals surface area contributed by atoms with Crippen molar-refractivity contribution in [1.29, 1.82) is 0 Å². The summed E-state index contributed by atoms with van der Waals surface area (Å²) in [5, 5.41) is 0. The Bertz CT molecular complexity index is 1020. The first-order valence-corrected chi connectivity index (χ1v) is 12.7. The smallest absolute Gasteiger partial charge is 0.297 e. The van der Waals surface area contributed by atoms with Crippen molar-refractivity contribution in [3.05, 3.63) is 72.3 Å². The second-order valence-corrected chi connectivity index (χ2v) is 10.2. The number of aryl methyl sites for hydroxylation is 1. The highest BCUT2D eigenvalue weighted by Gasteiger charge is 2.43. The van der Waals surface area contributed by atoms with Crippen molar-refractivity contribution in [2.45, 2.75) is 50.8 Å². The summed E-state index contributed by atoms with van der Waals surface area (Å²) in [6.07, 6.45) is 0.131. The molecule has 1 heterocycles. The number of hydrogen-bond donors (Lipinski definition) is 0. The van der Waals surface area contributed by atoms with Crippen LogP contribution in [0.5, 0.6) is 5.75 Å². The van der Waals surface area contributed by atoms with Crippen LogP contribution in [0.15, 0.2) is 66.1 Å². The number of methoxy groups -OCH3 is 1. The van der Waals surface area contributed by atoms with E-state index in [0.29, 0.717) is 6.61 Å². The molecule has 2 aromatic rings. The maximum atomic E-state index is 12.6. The van der Waals surface area contributed by atoms with E-state index in [0.717, 1.165) is 16.9 Å². The van der Waals surface area contributed by atoms with Crippen molar-refractivity contribution in [2.75, 3.05) is 20.3 Å². The molecule has 186 valence electrons. The summed E-state index contributed by atoms with van der Waals surface area (Å²) < 4.78 is 54.1. The summed E-state index contributed by atoms with van der Waals surface area (Å²) in [5.41, 5.74) is 1.97. The van der Waals surface area contributed by atoms with Crippen LogP contribution in [0.4, 0.5) is 0 Å². The fourth-order valence-electron chi connectivity index (χ4n) is 3.82. The Labute approximate surface area is 202 Å². The van der Waals surface area contributed by atoms with E-state index in [9.17, 15) is 8.42 Å². The van der Waals surface area contributed by atoms with Crippen LogP contribution in [0.3, 0.4) is 0 Å². The van der Waals surface area contributed by atoms with Gasteiger partial charge in [0.25, 0.3) is 10.1 Å². The van der Waals surface area contributed by atoms with Crippen molar-refractivity contribution in [1.82, 2.24) is 0 Å². The average Bonchev–Trinajstić information content (AvgIpc) is 2.84. The number of benzene rings is 2. The van der Waals surface area contributed by atoms with Gasteiger partial charge in [0.1, 0.15) is 11.9 Å². The molecule has 2 aromatic carbocycles. The molecule has 0 saturated carbocycles. The summed E-state index contributed by atoms with van der Waals surface area (Å²) in [5.74, 6) is 0.775. The van der Waals surface area contributed by atoms with Crippen molar-refractivity contribution in [3.8, 4) is 5.75 Å². The molecule has 0 radical (unpaired) electrons. The fourth-order valence-corrected chi connectivity index (χ4v) is 4.74. The average molecular weight is 491 g/mol. The first-order chi connectivity index (χ1) is 16.2. The molecule has 0 spiro atoms. The Morgan fingerprint density at radius 3 is 2.29 bits per heavy atom. The molecular weight excluding hydrogens is 456 g/mol. The van der Waals surface area contributed by atoms with Crippen LogP contribution in [0.25, 0.3) is 0 Å². The van der Waals surface area contributed by atoms with Crippen LogP contribution >= 0.6 is 0 Å². The Hall–Kier alpha value is -2.23. The Morgan fingerprint density at radius 1 is 1.00 bits per heavy atom. The molecule has 0 bridgehead atoms. The van der Waals surface area contributed by atoms with Crippen molar-refractivity contribution in [2.24, 2.45) is 11.8 Å². The summed E-state index contributed by atoms with van der Waals surface area (Å²) >= 11 is 0. The van der Waals surface area contributed by atoms with Crippen LogP contribution in [0.2, 0.25) is 0 Å². The van der Waals surface area contributed by atoms with Gasteiger partial charge in [0, 0.05) is 0 Å². The van der Waals surface area contributed by atoms with E-state index in [1.54, 1.807) is 25.3 Å². The third-order valence-corrected chi connectivity index (χ3v) is 7.48. The first kappa shape index (κ1) is 26.4. The van der Waals surface area contributed by atoms with Gasteiger partial charge in [-0.3, -0.25) is 4.18 Å². The molecule has 0 unspecified atom stereocenters. The summed E-state index contributed by atoms with van der Waals surface area (Å²) in [4.78, 5) is 0.120. The number of hydrogen-bond acceptors (Lipinski definition) is 7. The predicted molar refractivity (Wildman–Crippen MR) is 129 cm³/mol. The molecule has 0 aliphatic carbocycles. The van der Waals surface area contributed by atoms with Crippen LogP contribution < -0.4 is 4.74 Å². The minimum absolute atomic E-state index is 0.0255. The minimum Gasteiger partial charge on any atom is -0.497 e. The van der Waals surface area contributed by atoms with Gasteiger partial charge in [-0.1, -0.05) is 49.8 Å². The highest BCUT2D eigenvalue weighted by Crippen LogP contribution is 2.34. The standard InChI is InChI=1S/C26H34O7S/c1-6-15-30-26-25(31-16-21-9-11-22(29-5)12-10-21)20(4)19(3)24(33-26)17-32-34(27,28)23-13-7-18(2)8-14-23/h6-14,19-20,24-26H,1,15-17H2,2-5H3/t19-,20-,24+,25+,26+/m0/s1. The molecule has 3 rings (SSSR count). The minimum atomic E-state index is -3.90. The molecule has 7 nitrogen and oxygen atoms in total. The Morgan fingerprint density at radius 2 is 1.68 bits per heavy atom. The highest BCUT2D eigenvalue weighted by molar-refractivity contribution is 7.86. The van der Waals surface area contributed by atoms with Crippen molar-refractivity contribution < 1.29 is 31.5 Å². The molecule has 0 amide bonds. The van der Waals surface area contributed by atoms with Gasteiger partial charge in [-0.25, -0.2) is 0 Å². The summed E-state index contributed by atoms with van der Waals surface area (Å²) in [6.45, 7) is 10.2. The Kier molecular flexibility index (Phi) is 9.27. The van der Waals surface area contributed by atoms with Gasteiger partial charge in [-0.15, -0.1) is 6.58 Å². The zero-order chi connectivity index (χ0) is 24.7. The first-order valence-electron chi connectivity index (χ1n) is 11.3. The number of rotatable bonds is 11. The zero-order valence-electron chi connectivity index (χ0n) is 20.2. The fraction of sp³-hybridized carbons (Fsp3) is 0.462. The van der Waals surface area contributed by atoms with Gasteiger partial charge >= 0.3 is 0 Å². The van der Waals surface area contributed by atoms with Crippen LogP contribution in [0, 0.1) is 18.8 Å². The van der Waals surface area contributed by atoms with Crippen LogP contribution in [-0.4, -0.2) is 47.2 Å². The molecule has 0 aromatic heterocycles. The van der Waals surface area contributed by atoms with E-state index >= 15 is 0 Å². The lowest BCUT2D eigenvalue weighted by molar-refractivity contribution is -0.282. The van der Waals surface area contributed by atoms with Crippen molar-refractivity contribution in [3.63, 3.8) is 0 Å². The van der Waals surface area contributed by atoms with Gasteiger partial charge in [0.2, 0.25) is 0 Å². The van der Waals surface area contributed by atoms with E-state index < -0.39 is 22.5 Å². The largest absolute Gasteiger partial charge is 0.497 e. The van der Waals surface area contributed by atoms with Crippen LogP contribution in [-0.2, 0) is 35.1 Å². The second-order valence-electron chi connectivity index (χ2n) is 8.56. The van der Waals surface area contributed by atoms with Gasteiger partial charge < -0.3 is 18.9 Å². The maximum Gasteiger partial charge on any atom is 0.297 e. The van der Waals surface area contributed by atoms with Gasteiger partial charge in [-0.2, -0.15) is 8.42 Å². The monoisotopic (exact) mass is 490 g/mol. The van der Waals surface area contributed by atoms with Gasteiger partial charge in [0.05, 0.1) is 37.9 Å². The molecule has 1 fully saturated rings. The van der Waals surface area contributed by atoms with E-state index in [1.165, 1.54) is 12.1 Å². The molecule has 34 heavy (non-hydrogen) atoms. The van der Waals surface area contributed by atoms with E-state index in [1.807, 2.05) is 38.1 Å². The molecule has 1 saturated heterocycles. The van der Waals surface area contributed by atoms with Gasteiger partial charge in [0.15, 0.2) is 6.29 Å². The molecule has 1 aliphatic rings. The lowest BCUT2D eigenvalue weighted by atomic mass is 9.83. The zero-order valence-corrected chi connectivity index (χ0v) is 21.0. The predicted octanol–water partition coefficient (Wildman–Crippen LogP) is 4.49. The molecule has 1 aliphatic heterocycles. The SMILES string of the molecule is C=CCO[C@@H]1O[C@H](COS(=O)(=O)c2ccc(C)cc2)[C@@H](C)[C@H](C)[C@H]1OCc1ccc(OC)cc1. The molecular formula is C26H34O7S. The summed E-state index contributed by atoms with van der Waals surface area (Å²) in [6, 6.07) is 14.2. The van der Waals surface area contributed by atoms with E-state index in [2.05, 4.69) is 13.5 Å². The Balaban J connectivity index is 1.67. The van der Waals surface area contributed by atoms with E-state index in [4.69, 9.17) is 23.1 Å². The summed E-state index contributed by atoms with van der Waals surface area (Å²) in [7, 11) is -2.27. The third kappa shape index (κ3) is 6.67. The quantitative estimate of drug-likeness (QED) is 0.339. The third-order valence-electron chi connectivity index (χ3n) is 6.19. The topological polar surface area (TPSA) is 80.3 Å². The second kappa shape index (κ2) is 12.0. The van der Waals surface area contributed by atoms with E-state index in [-0.39, 0.29) is 36.0 Å². The molecule has 0 N–H and O–H groups in total. The van der Waals surface area contributed by atoms with Crippen LogP contribution in [0.1, 0.15) is 25.0 Å². The highest BCUT2D eigenvalue weighted by atomic mass is 32.2. The lowest BCUT2D eigenvalue weighted by Gasteiger charge is -2.44. The van der Waals surface area contributed by atoms with Gasteiger partial charge in [-0.05, 0) is 48.6 Å². The normalized spacial score (nSPS) is 25.1. The molecule has 5 atom stereocenters. The maximum absolute atomic E-state index is 12.6. The van der Waals surface area contributed by atoms with Crippen molar-refractivity contribution >= 4 is 10.1 Å². The number of ether oxygens (including phenoxy) is 4.